The fourth-order valence-corrected chi connectivity index (χ4v) is 2.83. The maximum absolute atomic E-state index is 8.72. The molecule has 0 atom stereocenters. The van der Waals surface area contributed by atoms with Crippen molar-refractivity contribution in [2.24, 2.45) is 8.73 Å². The van der Waals surface area contributed by atoms with Crippen molar-refractivity contribution in [2.45, 2.75) is 0 Å². The van der Waals surface area contributed by atoms with E-state index in [1.165, 1.54) is 0 Å². The maximum atomic E-state index is 8.72. The number of rotatable bonds is 2. The molecule has 98 valence electrons. The highest BCUT2D eigenvalue weighted by Gasteiger charge is 2.18. The largest absolute Gasteiger partial charge is 0.351 e. The van der Waals surface area contributed by atoms with E-state index in [1.54, 1.807) is 24.4 Å². The number of anilines is 2. The van der Waals surface area contributed by atoms with Crippen molar-refractivity contribution in [1.29, 1.82) is 5.26 Å². The molecule has 1 aromatic heterocycles. The molecule has 2 aromatic rings. The highest BCUT2D eigenvalue weighted by molar-refractivity contribution is 7.58. The van der Waals surface area contributed by atoms with Gasteiger partial charge in [-0.05, 0) is 18.2 Å². The Balaban J connectivity index is 2.01. The van der Waals surface area contributed by atoms with E-state index in [2.05, 4.69) is 19.0 Å². The van der Waals surface area contributed by atoms with Gasteiger partial charge in [0.1, 0.15) is 23.1 Å². The Morgan fingerprint density at radius 2 is 1.95 bits per heavy atom. The van der Waals surface area contributed by atoms with Crippen LogP contribution in [0.25, 0.3) is 0 Å². The van der Waals surface area contributed by atoms with Crippen LogP contribution in [0.5, 0.6) is 0 Å². The Bertz CT molecular complexity index is 804. The number of nitrogens with zero attached hydrogens (tertiary/aromatic N) is 4. The number of fused-ring (bicyclic) bond motifs is 1. The molecule has 5 nitrogen and oxygen atoms in total. The van der Waals surface area contributed by atoms with E-state index in [-0.39, 0.29) is 0 Å². The van der Waals surface area contributed by atoms with E-state index >= 15 is 0 Å². The minimum atomic E-state index is 0.346. The van der Waals surface area contributed by atoms with Crippen LogP contribution < -0.4 is 5.32 Å². The van der Waals surface area contributed by atoms with Crippen LogP contribution in [0.1, 0.15) is 5.69 Å². The fraction of sp³-hybridized carbons (Fsp3) is 0. The molecule has 0 fully saturated rings. The van der Waals surface area contributed by atoms with Crippen LogP contribution in [0, 0.1) is 11.3 Å². The number of aromatic nitrogens is 1. The molecule has 0 aliphatic carbocycles. The number of benzene rings is 1. The second-order valence-corrected chi connectivity index (χ2v) is 5.19. The summed E-state index contributed by atoms with van der Waals surface area (Å²) in [5.74, 6) is 0. The number of hydrogen-bond donors (Lipinski definition) is 1. The van der Waals surface area contributed by atoms with Gasteiger partial charge < -0.3 is 5.32 Å². The highest BCUT2D eigenvalue weighted by Crippen LogP contribution is 2.48. The summed E-state index contributed by atoms with van der Waals surface area (Å²) in [6.45, 7) is 0. The number of halogens is 2. The molecule has 0 spiro atoms. The van der Waals surface area contributed by atoms with Crippen molar-refractivity contribution in [3.8, 4) is 6.07 Å². The Morgan fingerprint density at radius 1 is 1.15 bits per heavy atom. The zero-order valence-corrected chi connectivity index (χ0v) is 12.1. The molecule has 1 aliphatic rings. The predicted molar refractivity (Wildman–Crippen MR) is 80.2 cm³/mol. The van der Waals surface area contributed by atoms with Crippen LogP contribution in [0.2, 0.25) is 10.0 Å². The molecule has 20 heavy (non-hydrogen) atoms. The Labute approximate surface area is 128 Å². The standard InChI is InChI=1S/C12H5Cl2N5S/c13-8-3-9(14)11-12(19-20-18-11)10(8)17-7-2-1-6(4-15)16-5-7/h1-3,5,17H. The summed E-state index contributed by atoms with van der Waals surface area (Å²) < 4.78 is 8.33. The lowest BCUT2D eigenvalue weighted by Crippen LogP contribution is -1.93. The lowest BCUT2D eigenvalue weighted by Gasteiger charge is -2.11. The summed E-state index contributed by atoms with van der Waals surface area (Å²) in [5.41, 5.74) is 2.87. The summed E-state index contributed by atoms with van der Waals surface area (Å²) in [6, 6.07) is 6.93. The van der Waals surface area contributed by atoms with Crippen LogP contribution in [0.3, 0.4) is 0 Å². The van der Waals surface area contributed by atoms with E-state index < -0.39 is 0 Å². The Hall–Kier alpha value is -1.94. The molecule has 0 radical (unpaired) electrons. The smallest absolute Gasteiger partial charge is 0.140 e. The zero-order valence-electron chi connectivity index (χ0n) is 9.76. The first kappa shape index (κ1) is 13.1. The van der Waals surface area contributed by atoms with Gasteiger partial charge in [0.2, 0.25) is 0 Å². The molecule has 0 saturated carbocycles. The van der Waals surface area contributed by atoms with Gasteiger partial charge in [0.15, 0.2) is 0 Å². The van der Waals surface area contributed by atoms with Crippen LogP contribution >= 0.6 is 23.2 Å². The van der Waals surface area contributed by atoms with Crippen LogP contribution in [0.4, 0.5) is 22.7 Å². The number of nitrogens with one attached hydrogen (secondary N) is 1. The van der Waals surface area contributed by atoms with Crippen molar-refractivity contribution >= 4 is 57.3 Å². The van der Waals surface area contributed by atoms with E-state index in [0.29, 0.717) is 38.5 Å². The van der Waals surface area contributed by atoms with Crippen molar-refractivity contribution in [3.63, 3.8) is 0 Å². The van der Waals surface area contributed by atoms with Crippen LogP contribution in [-0.2, 0) is 11.4 Å². The Kier molecular flexibility index (Phi) is 3.40. The summed E-state index contributed by atoms with van der Waals surface area (Å²) in [5, 5.41) is 12.7. The van der Waals surface area contributed by atoms with Gasteiger partial charge in [0.25, 0.3) is 0 Å². The van der Waals surface area contributed by atoms with Gasteiger partial charge in [-0.25, -0.2) is 4.98 Å². The second-order valence-electron chi connectivity index (χ2n) is 3.85. The zero-order chi connectivity index (χ0) is 14.1. The van der Waals surface area contributed by atoms with Crippen molar-refractivity contribution in [3.05, 3.63) is 40.1 Å². The van der Waals surface area contributed by atoms with Crippen molar-refractivity contribution in [1.82, 2.24) is 4.98 Å². The number of pyridine rings is 1. The first-order valence-corrected chi connectivity index (χ1v) is 6.91. The molecule has 1 aromatic carbocycles. The quantitative estimate of drug-likeness (QED) is 0.741. The van der Waals surface area contributed by atoms with Gasteiger partial charge in [-0.1, -0.05) is 23.2 Å². The SMILES string of the molecule is N#Cc1ccc(Nc2c(Cl)cc(Cl)c3c2N=S=N3)cn1. The third-order valence-corrected chi connectivity index (χ3v) is 3.71. The summed E-state index contributed by atoms with van der Waals surface area (Å²) in [6.07, 6.45) is 1.55. The monoisotopic (exact) mass is 321 g/mol. The lowest BCUT2D eigenvalue weighted by molar-refractivity contribution is 1.26. The Morgan fingerprint density at radius 3 is 2.65 bits per heavy atom. The fourth-order valence-electron chi connectivity index (χ4n) is 1.67. The topological polar surface area (TPSA) is 73.4 Å². The van der Waals surface area contributed by atoms with E-state index in [9.17, 15) is 0 Å². The average molecular weight is 322 g/mol. The molecule has 0 amide bonds. The minimum Gasteiger partial charge on any atom is -0.351 e. The molecule has 3 rings (SSSR count). The van der Waals surface area contributed by atoms with Crippen LogP contribution in [0.15, 0.2) is 33.1 Å². The van der Waals surface area contributed by atoms with Gasteiger partial charge >= 0.3 is 0 Å². The third kappa shape index (κ3) is 2.27. The van der Waals surface area contributed by atoms with E-state index in [0.717, 1.165) is 11.4 Å². The molecular formula is C12H5Cl2N5S. The second kappa shape index (κ2) is 5.21. The molecule has 8 heteroatoms. The molecule has 0 unspecified atom stereocenters. The van der Waals surface area contributed by atoms with Crippen LogP contribution in [-0.4, -0.2) is 4.98 Å². The highest BCUT2D eigenvalue weighted by atomic mass is 35.5. The van der Waals surface area contributed by atoms with Crippen molar-refractivity contribution < 1.29 is 0 Å². The molecule has 0 bridgehead atoms. The predicted octanol–water partition coefficient (Wildman–Crippen LogP) is 4.73. The lowest BCUT2D eigenvalue weighted by atomic mass is 10.2. The molecule has 2 heterocycles. The first-order valence-electron chi connectivity index (χ1n) is 5.42. The molecule has 0 saturated heterocycles. The number of nitriles is 1. The summed E-state index contributed by atoms with van der Waals surface area (Å²) >= 11 is 13.3. The molecule has 1 N–H and O–H groups in total. The minimum absolute atomic E-state index is 0.346. The third-order valence-electron chi connectivity index (χ3n) is 2.59. The normalized spacial score (nSPS) is 11.7. The summed E-state index contributed by atoms with van der Waals surface area (Å²) in [7, 11) is 0. The maximum Gasteiger partial charge on any atom is 0.140 e. The van der Waals surface area contributed by atoms with Gasteiger partial charge in [0.05, 0.1) is 39.0 Å². The van der Waals surface area contributed by atoms with Gasteiger partial charge in [-0.3, -0.25) is 0 Å². The first-order chi connectivity index (χ1) is 9.69. The summed E-state index contributed by atoms with van der Waals surface area (Å²) in [4.78, 5) is 3.98. The average Bonchev–Trinajstić information content (AvgIpc) is 2.94. The van der Waals surface area contributed by atoms with E-state index in [1.807, 2.05) is 6.07 Å². The van der Waals surface area contributed by atoms with Gasteiger partial charge in [-0.2, -0.15) is 14.0 Å². The number of hydrogen-bond acceptors (Lipinski definition) is 5. The van der Waals surface area contributed by atoms with Gasteiger partial charge in [-0.15, -0.1) is 0 Å². The van der Waals surface area contributed by atoms with Crippen molar-refractivity contribution in [2.75, 3.05) is 5.32 Å². The van der Waals surface area contributed by atoms with Gasteiger partial charge in [0, 0.05) is 0 Å². The molecule has 1 aliphatic heterocycles. The molecular weight excluding hydrogens is 317 g/mol. The van der Waals surface area contributed by atoms with E-state index in [4.69, 9.17) is 28.5 Å².